The van der Waals surface area contributed by atoms with E-state index in [0.717, 1.165) is 30.0 Å². The molecule has 3 heteroatoms. The van der Waals surface area contributed by atoms with Crippen LogP contribution in [0.2, 0.25) is 0 Å². The van der Waals surface area contributed by atoms with Gasteiger partial charge in [-0.2, -0.15) is 11.8 Å². The van der Waals surface area contributed by atoms with Crippen molar-refractivity contribution in [3.8, 4) is 0 Å². The van der Waals surface area contributed by atoms with Gasteiger partial charge in [-0.25, -0.2) is 0 Å². The molecule has 1 aliphatic rings. The summed E-state index contributed by atoms with van der Waals surface area (Å²) < 4.78 is 5.33. The molecule has 1 saturated carbocycles. The standard InChI is InChI=1S/C14H23NOS/c1-2-15-14-7-3-5-12(14)8-10-17-11-13-6-4-9-16-13/h4,6,9,12,14-15H,2-3,5,7-8,10-11H2,1H3. The van der Waals surface area contributed by atoms with Crippen LogP contribution in [0.15, 0.2) is 22.8 Å². The molecule has 2 atom stereocenters. The molecule has 2 unspecified atom stereocenters. The molecule has 0 saturated heterocycles. The SMILES string of the molecule is CCNC1CCCC1CCSCc1ccco1. The molecule has 1 aromatic rings. The lowest BCUT2D eigenvalue weighted by molar-refractivity contribution is 0.400. The molecule has 1 N–H and O–H groups in total. The zero-order chi connectivity index (χ0) is 11.9. The Morgan fingerprint density at radius 1 is 1.47 bits per heavy atom. The minimum Gasteiger partial charge on any atom is -0.468 e. The average molecular weight is 253 g/mol. The highest BCUT2D eigenvalue weighted by molar-refractivity contribution is 7.98. The monoisotopic (exact) mass is 253 g/mol. The normalized spacial score (nSPS) is 24.3. The van der Waals surface area contributed by atoms with Gasteiger partial charge in [0.25, 0.3) is 0 Å². The third-order valence-corrected chi connectivity index (χ3v) is 4.60. The van der Waals surface area contributed by atoms with E-state index in [4.69, 9.17) is 4.42 Å². The van der Waals surface area contributed by atoms with E-state index in [1.807, 2.05) is 17.8 Å². The molecular formula is C14H23NOS. The summed E-state index contributed by atoms with van der Waals surface area (Å²) in [7, 11) is 0. The van der Waals surface area contributed by atoms with Crippen molar-refractivity contribution in [3.05, 3.63) is 24.2 Å². The van der Waals surface area contributed by atoms with E-state index in [9.17, 15) is 0 Å². The summed E-state index contributed by atoms with van der Waals surface area (Å²) in [6, 6.07) is 4.81. The smallest absolute Gasteiger partial charge is 0.113 e. The van der Waals surface area contributed by atoms with Gasteiger partial charge in [-0.1, -0.05) is 13.3 Å². The molecule has 0 aliphatic heterocycles. The van der Waals surface area contributed by atoms with Crippen molar-refractivity contribution < 1.29 is 4.42 Å². The van der Waals surface area contributed by atoms with E-state index in [0.29, 0.717) is 0 Å². The number of hydrogen-bond acceptors (Lipinski definition) is 3. The van der Waals surface area contributed by atoms with Gasteiger partial charge in [-0.05, 0) is 49.6 Å². The Balaban J connectivity index is 1.61. The molecule has 0 aromatic carbocycles. The molecule has 0 radical (unpaired) electrons. The molecule has 2 nitrogen and oxygen atoms in total. The van der Waals surface area contributed by atoms with E-state index in [1.165, 1.54) is 31.4 Å². The highest BCUT2D eigenvalue weighted by Crippen LogP contribution is 2.30. The average Bonchev–Trinajstić information content (AvgIpc) is 2.96. The van der Waals surface area contributed by atoms with Gasteiger partial charge in [0.2, 0.25) is 0 Å². The van der Waals surface area contributed by atoms with Crippen molar-refractivity contribution >= 4 is 11.8 Å². The van der Waals surface area contributed by atoms with Crippen molar-refractivity contribution in [3.63, 3.8) is 0 Å². The van der Waals surface area contributed by atoms with Crippen LogP contribution in [0.3, 0.4) is 0 Å². The third-order valence-electron chi connectivity index (χ3n) is 3.58. The second-order valence-electron chi connectivity index (χ2n) is 4.78. The maximum atomic E-state index is 5.33. The minimum atomic E-state index is 0.782. The number of furan rings is 1. The van der Waals surface area contributed by atoms with Crippen LogP contribution >= 0.6 is 11.8 Å². The fourth-order valence-corrected chi connectivity index (χ4v) is 3.69. The summed E-state index contributed by atoms with van der Waals surface area (Å²) in [5.41, 5.74) is 0. The zero-order valence-electron chi connectivity index (χ0n) is 10.7. The van der Waals surface area contributed by atoms with Gasteiger partial charge in [0.05, 0.1) is 12.0 Å². The first kappa shape index (κ1) is 13.0. The summed E-state index contributed by atoms with van der Waals surface area (Å²) in [6.07, 6.45) is 7.31. The fourth-order valence-electron chi connectivity index (χ4n) is 2.72. The van der Waals surface area contributed by atoms with E-state index in [2.05, 4.69) is 18.3 Å². The van der Waals surface area contributed by atoms with Crippen molar-refractivity contribution in [2.75, 3.05) is 12.3 Å². The lowest BCUT2D eigenvalue weighted by Crippen LogP contribution is -2.32. The predicted octanol–water partition coefficient (Wildman–Crippen LogP) is 3.68. The molecule has 1 aliphatic carbocycles. The maximum absolute atomic E-state index is 5.33. The highest BCUT2D eigenvalue weighted by atomic mass is 32.2. The number of rotatable bonds is 7. The van der Waals surface area contributed by atoms with Gasteiger partial charge >= 0.3 is 0 Å². The first-order valence-electron chi connectivity index (χ1n) is 6.73. The van der Waals surface area contributed by atoms with Gasteiger partial charge in [0.1, 0.15) is 5.76 Å². The van der Waals surface area contributed by atoms with Crippen LogP contribution in [0.25, 0.3) is 0 Å². The minimum absolute atomic E-state index is 0.782. The van der Waals surface area contributed by atoms with Crippen LogP contribution in [0.1, 0.15) is 38.4 Å². The van der Waals surface area contributed by atoms with Gasteiger partial charge in [0, 0.05) is 6.04 Å². The lowest BCUT2D eigenvalue weighted by Gasteiger charge is -2.19. The second kappa shape index (κ2) is 7.12. The van der Waals surface area contributed by atoms with Crippen LogP contribution in [0.5, 0.6) is 0 Å². The molecule has 1 aromatic heterocycles. The van der Waals surface area contributed by atoms with E-state index in [1.54, 1.807) is 6.26 Å². The number of thioether (sulfide) groups is 1. The van der Waals surface area contributed by atoms with Crippen LogP contribution in [0.4, 0.5) is 0 Å². The molecule has 0 spiro atoms. The number of nitrogens with one attached hydrogen (secondary N) is 1. The largest absolute Gasteiger partial charge is 0.468 e. The van der Waals surface area contributed by atoms with Crippen LogP contribution in [-0.4, -0.2) is 18.3 Å². The topological polar surface area (TPSA) is 25.2 Å². The Morgan fingerprint density at radius 2 is 2.41 bits per heavy atom. The summed E-state index contributed by atoms with van der Waals surface area (Å²) in [4.78, 5) is 0. The van der Waals surface area contributed by atoms with E-state index >= 15 is 0 Å². The Labute approximate surface area is 109 Å². The number of hydrogen-bond donors (Lipinski definition) is 1. The molecule has 0 bridgehead atoms. The van der Waals surface area contributed by atoms with Crippen molar-refractivity contribution in [2.24, 2.45) is 5.92 Å². The summed E-state index contributed by atoms with van der Waals surface area (Å²) in [6.45, 7) is 3.32. The molecule has 1 fully saturated rings. The molecule has 1 heterocycles. The van der Waals surface area contributed by atoms with Crippen LogP contribution in [-0.2, 0) is 5.75 Å². The van der Waals surface area contributed by atoms with Crippen molar-refractivity contribution in [1.29, 1.82) is 0 Å². The molecule has 0 amide bonds. The van der Waals surface area contributed by atoms with Gasteiger partial charge < -0.3 is 9.73 Å². The summed E-state index contributed by atoms with van der Waals surface area (Å²) >= 11 is 2.00. The van der Waals surface area contributed by atoms with Crippen molar-refractivity contribution in [2.45, 2.75) is 44.4 Å². The Bertz CT molecular complexity index is 299. The van der Waals surface area contributed by atoms with Crippen LogP contribution < -0.4 is 5.32 Å². The Hall–Kier alpha value is -0.410. The third kappa shape index (κ3) is 4.07. The fraction of sp³-hybridized carbons (Fsp3) is 0.714. The molecule has 96 valence electrons. The zero-order valence-corrected chi connectivity index (χ0v) is 11.5. The molecular weight excluding hydrogens is 230 g/mol. The quantitative estimate of drug-likeness (QED) is 0.750. The predicted molar refractivity (Wildman–Crippen MR) is 74.3 cm³/mol. The molecule has 17 heavy (non-hydrogen) atoms. The lowest BCUT2D eigenvalue weighted by atomic mass is 10.0. The van der Waals surface area contributed by atoms with E-state index in [-0.39, 0.29) is 0 Å². The molecule has 2 rings (SSSR count). The summed E-state index contributed by atoms with van der Waals surface area (Å²) in [5.74, 6) is 4.28. The van der Waals surface area contributed by atoms with E-state index < -0.39 is 0 Å². The summed E-state index contributed by atoms with van der Waals surface area (Å²) in [5, 5.41) is 3.62. The van der Waals surface area contributed by atoms with Crippen LogP contribution in [0, 0.1) is 5.92 Å². The Morgan fingerprint density at radius 3 is 3.18 bits per heavy atom. The Kier molecular flexibility index (Phi) is 5.46. The first-order chi connectivity index (χ1) is 8.40. The van der Waals surface area contributed by atoms with Gasteiger partial charge in [0.15, 0.2) is 0 Å². The second-order valence-corrected chi connectivity index (χ2v) is 5.88. The van der Waals surface area contributed by atoms with Crippen molar-refractivity contribution in [1.82, 2.24) is 5.32 Å². The maximum Gasteiger partial charge on any atom is 0.113 e. The van der Waals surface area contributed by atoms with Gasteiger partial charge in [-0.3, -0.25) is 0 Å². The highest BCUT2D eigenvalue weighted by Gasteiger charge is 2.25. The van der Waals surface area contributed by atoms with Gasteiger partial charge in [-0.15, -0.1) is 0 Å². The first-order valence-corrected chi connectivity index (χ1v) is 7.89.